The number of carbonyl (C=O) groups is 1. The van der Waals surface area contributed by atoms with Crippen LogP contribution in [0.1, 0.15) is 36.7 Å². The molecule has 1 N–H and O–H groups in total. The van der Waals surface area contributed by atoms with Gasteiger partial charge in [-0.2, -0.15) is 0 Å². The highest BCUT2D eigenvalue weighted by Gasteiger charge is 2.50. The van der Waals surface area contributed by atoms with Crippen LogP contribution in [0.25, 0.3) is 0 Å². The van der Waals surface area contributed by atoms with E-state index in [2.05, 4.69) is 21.8 Å². The third-order valence-electron chi connectivity index (χ3n) is 5.18. The van der Waals surface area contributed by atoms with Crippen molar-refractivity contribution in [1.29, 1.82) is 0 Å². The van der Waals surface area contributed by atoms with Gasteiger partial charge in [0.2, 0.25) is 0 Å². The number of aliphatic hydroxyl groups is 1. The standard InChI is InChI=1S/C16H24N4O2/c1-11-9-20(10-16(11,22)12-5-4-6-12)14-8-17-7-13(18-14)15(21)19(2)3/h7-8,11-12,22H,4-6,9-10H2,1-3H3/t11-,16+/m1/s1. The minimum absolute atomic E-state index is 0.157. The number of β-amino-alcohol motifs (C(OH)–C–C–N with tert-alkyl or cyclic N) is 1. The summed E-state index contributed by atoms with van der Waals surface area (Å²) in [7, 11) is 3.40. The maximum Gasteiger partial charge on any atom is 0.273 e. The second-order valence-corrected chi connectivity index (χ2v) is 6.86. The zero-order valence-electron chi connectivity index (χ0n) is 13.5. The molecule has 0 unspecified atom stereocenters. The fourth-order valence-corrected chi connectivity index (χ4v) is 3.47. The molecule has 0 aromatic carbocycles. The number of hydrogen-bond acceptors (Lipinski definition) is 5. The first-order chi connectivity index (χ1) is 10.4. The molecule has 2 atom stereocenters. The van der Waals surface area contributed by atoms with Gasteiger partial charge in [-0.1, -0.05) is 13.3 Å². The van der Waals surface area contributed by atoms with Crippen LogP contribution in [-0.4, -0.2) is 58.7 Å². The summed E-state index contributed by atoms with van der Waals surface area (Å²) in [6, 6.07) is 0. The molecule has 6 nitrogen and oxygen atoms in total. The summed E-state index contributed by atoms with van der Waals surface area (Å²) < 4.78 is 0. The number of rotatable bonds is 3. The molecule has 2 fully saturated rings. The number of carbonyl (C=O) groups excluding carboxylic acids is 1. The fraction of sp³-hybridized carbons (Fsp3) is 0.688. The maximum atomic E-state index is 12.0. The van der Waals surface area contributed by atoms with E-state index in [0.29, 0.717) is 24.0 Å². The van der Waals surface area contributed by atoms with Crippen molar-refractivity contribution in [3.8, 4) is 0 Å². The zero-order valence-corrected chi connectivity index (χ0v) is 13.5. The topological polar surface area (TPSA) is 69.6 Å². The summed E-state index contributed by atoms with van der Waals surface area (Å²) in [5, 5.41) is 11.0. The summed E-state index contributed by atoms with van der Waals surface area (Å²) in [5.74, 6) is 1.12. The van der Waals surface area contributed by atoms with Gasteiger partial charge in [-0.25, -0.2) is 4.98 Å². The van der Waals surface area contributed by atoms with E-state index in [0.717, 1.165) is 19.4 Å². The van der Waals surface area contributed by atoms with E-state index in [4.69, 9.17) is 0 Å². The first kappa shape index (κ1) is 15.2. The lowest BCUT2D eigenvalue weighted by Crippen LogP contribution is -2.47. The fourth-order valence-electron chi connectivity index (χ4n) is 3.47. The third kappa shape index (κ3) is 2.45. The lowest BCUT2D eigenvalue weighted by atomic mass is 9.69. The molecule has 1 saturated carbocycles. The van der Waals surface area contributed by atoms with Crippen molar-refractivity contribution in [1.82, 2.24) is 14.9 Å². The summed E-state index contributed by atoms with van der Waals surface area (Å²) in [6.45, 7) is 3.43. The normalized spacial score (nSPS) is 28.5. The molecule has 1 aliphatic carbocycles. The Kier molecular flexibility index (Phi) is 3.80. The molecule has 1 aliphatic heterocycles. The zero-order chi connectivity index (χ0) is 15.9. The van der Waals surface area contributed by atoms with Crippen molar-refractivity contribution in [2.45, 2.75) is 31.8 Å². The van der Waals surface area contributed by atoms with Gasteiger partial charge in [-0.3, -0.25) is 9.78 Å². The minimum atomic E-state index is -0.637. The van der Waals surface area contributed by atoms with Gasteiger partial charge in [0.15, 0.2) is 0 Å². The highest BCUT2D eigenvalue weighted by atomic mass is 16.3. The molecule has 3 rings (SSSR count). The summed E-state index contributed by atoms with van der Waals surface area (Å²) in [4.78, 5) is 24.2. The molecular formula is C16H24N4O2. The first-order valence-electron chi connectivity index (χ1n) is 7.93. The third-order valence-corrected chi connectivity index (χ3v) is 5.18. The van der Waals surface area contributed by atoms with E-state index in [1.807, 2.05) is 0 Å². The van der Waals surface area contributed by atoms with E-state index < -0.39 is 5.60 Å². The number of aromatic nitrogens is 2. The Morgan fingerprint density at radius 3 is 2.73 bits per heavy atom. The maximum absolute atomic E-state index is 12.0. The van der Waals surface area contributed by atoms with Gasteiger partial charge in [0, 0.05) is 33.1 Å². The molecule has 1 saturated heterocycles. The Bertz CT molecular complexity index is 573. The van der Waals surface area contributed by atoms with Crippen LogP contribution < -0.4 is 4.90 Å². The highest BCUT2D eigenvalue weighted by molar-refractivity contribution is 5.91. The number of anilines is 1. The lowest BCUT2D eigenvalue weighted by molar-refractivity contribution is -0.0615. The average molecular weight is 304 g/mol. The molecule has 6 heteroatoms. The molecule has 2 aliphatic rings. The molecule has 1 aromatic rings. The predicted molar refractivity (Wildman–Crippen MR) is 83.7 cm³/mol. The number of amides is 1. The average Bonchev–Trinajstić information content (AvgIpc) is 2.72. The van der Waals surface area contributed by atoms with Gasteiger partial charge in [-0.05, 0) is 18.8 Å². The molecule has 120 valence electrons. The second kappa shape index (κ2) is 5.50. The van der Waals surface area contributed by atoms with Gasteiger partial charge < -0.3 is 14.9 Å². The SMILES string of the molecule is C[C@@H]1CN(c2cncc(C(=O)N(C)C)n2)C[C@@]1(O)C1CCC1. The van der Waals surface area contributed by atoms with Gasteiger partial charge in [0.05, 0.1) is 18.0 Å². The molecule has 1 amide bonds. The van der Waals surface area contributed by atoms with Crippen LogP contribution in [-0.2, 0) is 0 Å². The first-order valence-corrected chi connectivity index (χ1v) is 7.93. The summed E-state index contributed by atoms with van der Waals surface area (Å²) >= 11 is 0. The van der Waals surface area contributed by atoms with Crippen LogP contribution in [0.3, 0.4) is 0 Å². The van der Waals surface area contributed by atoms with Crippen molar-refractivity contribution in [3.63, 3.8) is 0 Å². The number of nitrogens with zero attached hydrogens (tertiary/aromatic N) is 4. The van der Waals surface area contributed by atoms with Gasteiger partial charge in [0.25, 0.3) is 5.91 Å². The second-order valence-electron chi connectivity index (χ2n) is 6.86. The van der Waals surface area contributed by atoms with Crippen LogP contribution in [0.5, 0.6) is 0 Å². The minimum Gasteiger partial charge on any atom is -0.387 e. The predicted octanol–water partition coefficient (Wildman–Crippen LogP) is 1.17. The smallest absolute Gasteiger partial charge is 0.273 e. The summed E-state index contributed by atoms with van der Waals surface area (Å²) in [5.41, 5.74) is -0.296. The van der Waals surface area contributed by atoms with Crippen molar-refractivity contribution in [2.24, 2.45) is 11.8 Å². The molecular weight excluding hydrogens is 280 g/mol. The lowest BCUT2D eigenvalue weighted by Gasteiger charge is -2.41. The Balaban J connectivity index is 1.80. The summed E-state index contributed by atoms with van der Waals surface area (Å²) in [6.07, 6.45) is 6.60. The van der Waals surface area contributed by atoms with Crippen molar-refractivity contribution in [2.75, 3.05) is 32.1 Å². The molecule has 0 spiro atoms. The van der Waals surface area contributed by atoms with Crippen LogP contribution >= 0.6 is 0 Å². The molecule has 0 bridgehead atoms. The van der Waals surface area contributed by atoms with Crippen LogP contribution in [0, 0.1) is 11.8 Å². The monoisotopic (exact) mass is 304 g/mol. The van der Waals surface area contributed by atoms with E-state index >= 15 is 0 Å². The quantitative estimate of drug-likeness (QED) is 0.907. The Morgan fingerprint density at radius 1 is 1.41 bits per heavy atom. The van der Waals surface area contributed by atoms with E-state index in [-0.39, 0.29) is 11.8 Å². The van der Waals surface area contributed by atoms with E-state index in [1.54, 1.807) is 20.3 Å². The van der Waals surface area contributed by atoms with Crippen molar-refractivity contribution < 1.29 is 9.90 Å². The Labute approximate surface area is 131 Å². The highest BCUT2D eigenvalue weighted by Crippen LogP contribution is 2.44. The number of hydrogen-bond donors (Lipinski definition) is 1. The van der Waals surface area contributed by atoms with E-state index in [1.165, 1.54) is 17.5 Å². The molecule has 2 heterocycles. The largest absolute Gasteiger partial charge is 0.387 e. The van der Waals surface area contributed by atoms with Gasteiger partial charge in [-0.15, -0.1) is 0 Å². The van der Waals surface area contributed by atoms with Crippen molar-refractivity contribution >= 4 is 11.7 Å². The molecule has 0 radical (unpaired) electrons. The van der Waals surface area contributed by atoms with Crippen LogP contribution in [0.2, 0.25) is 0 Å². The molecule has 1 aromatic heterocycles. The molecule has 22 heavy (non-hydrogen) atoms. The Hall–Kier alpha value is -1.69. The van der Waals surface area contributed by atoms with Crippen molar-refractivity contribution in [3.05, 3.63) is 18.1 Å². The van der Waals surface area contributed by atoms with E-state index in [9.17, 15) is 9.90 Å². The Morgan fingerprint density at radius 2 is 2.14 bits per heavy atom. The van der Waals surface area contributed by atoms with Crippen LogP contribution in [0.4, 0.5) is 5.82 Å². The van der Waals surface area contributed by atoms with Gasteiger partial charge in [0.1, 0.15) is 11.5 Å². The van der Waals surface area contributed by atoms with Gasteiger partial charge >= 0.3 is 0 Å². The van der Waals surface area contributed by atoms with Crippen LogP contribution in [0.15, 0.2) is 12.4 Å².